The van der Waals surface area contributed by atoms with E-state index in [9.17, 15) is 14.7 Å². The van der Waals surface area contributed by atoms with Gasteiger partial charge in [-0.05, 0) is 49.6 Å². The van der Waals surface area contributed by atoms with Gasteiger partial charge in [-0.2, -0.15) is 0 Å². The van der Waals surface area contributed by atoms with Crippen LogP contribution in [0.15, 0.2) is 43.1 Å². The zero-order valence-corrected chi connectivity index (χ0v) is 22.2. The number of hydrogen-bond acceptors (Lipinski definition) is 5. The molecule has 1 atom stereocenters. The molecule has 0 bridgehead atoms. The first kappa shape index (κ1) is 29.5. The summed E-state index contributed by atoms with van der Waals surface area (Å²) in [4.78, 5) is 25.2. The van der Waals surface area contributed by atoms with Gasteiger partial charge >= 0.3 is 5.97 Å². The van der Waals surface area contributed by atoms with Gasteiger partial charge in [0.25, 0.3) is 5.91 Å². The van der Waals surface area contributed by atoms with Gasteiger partial charge in [0.05, 0.1) is 16.3 Å². The lowest BCUT2D eigenvalue weighted by molar-refractivity contribution is -0.141. The summed E-state index contributed by atoms with van der Waals surface area (Å²) in [6.45, 7) is 9.56. The number of nitrogens with one attached hydrogen (secondary N) is 3. The van der Waals surface area contributed by atoms with Crippen LogP contribution in [0.5, 0.6) is 0 Å². The summed E-state index contributed by atoms with van der Waals surface area (Å²) in [6, 6.07) is 8.58. The SMILES string of the molecule is C=CNc1ccccc1Cl.CC.CCc1cc(C(=O)NC(C(=O)O)C2CCCCC2)c(NC)s1. The number of thiophene rings is 1. The average molecular weight is 508 g/mol. The Kier molecular flexibility index (Phi) is 14.0. The van der Waals surface area contributed by atoms with Crippen LogP contribution < -0.4 is 16.0 Å². The van der Waals surface area contributed by atoms with E-state index in [1.165, 1.54) is 11.3 Å². The molecule has 1 fully saturated rings. The number of aryl methyl sites for hydroxylation is 1. The Balaban J connectivity index is 0.000000402. The number of para-hydroxylation sites is 1. The van der Waals surface area contributed by atoms with Gasteiger partial charge in [0, 0.05) is 11.9 Å². The van der Waals surface area contributed by atoms with Crippen molar-refractivity contribution in [3.05, 3.63) is 58.6 Å². The first-order valence-corrected chi connectivity index (χ1v) is 13.1. The predicted octanol–water partition coefficient (Wildman–Crippen LogP) is 7.04. The number of anilines is 2. The van der Waals surface area contributed by atoms with Crippen LogP contribution in [-0.4, -0.2) is 30.1 Å². The van der Waals surface area contributed by atoms with Gasteiger partial charge in [-0.1, -0.05) is 70.3 Å². The maximum Gasteiger partial charge on any atom is 0.326 e. The van der Waals surface area contributed by atoms with Gasteiger partial charge in [0.15, 0.2) is 0 Å². The highest BCUT2D eigenvalue weighted by Gasteiger charge is 2.31. The molecule has 0 spiro atoms. The number of amides is 1. The molecule has 4 N–H and O–H groups in total. The van der Waals surface area contributed by atoms with Gasteiger partial charge in [-0.25, -0.2) is 4.79 Å². The number of carboxylic acids is 1. The largest absolute Gasteiger partial charge is 0.480 e. The van der Waals surface area contributed by atoms with Crippen molar-refractivity contribution in [3.63, 3.8) is 0 Å². The molecule has 1 aliphatic rings. The summed E-state index contributed by atoms with van der Waals surface area (Å²) in [6.07, 6.45) is 7.46. The summed E-state index contributed by atoms with van der Waals surface area (Å²) in [5, 5.41) is 19.6. The third-order valence-corrected chi connectivity index (χ3v) is 7.04. The van der Waals surface area contributed by atoms with Gasteiger partial charge in [0.1, 0.15) is 11.0 Å². The van der Waals surface area contributed by atoms with E-state index in [-0.39, 0.29) is 11.8 Å². The van der Waals surface area contributed by atoms with Crippen LogP contribution in [-0.2, 0) is 11.2 Å². The Morgan fingerprint density at radius 2 is 1.88 bits per heavy atom. The zero-order chi connectivity index (χ0) is 25.5. The fourth-order valence-corrected chi connectivity index (χ4v) is 4.86. The Labute approximate surface area is 212 Å². The lowest BCUT2D eigenvalue weighted by Gasteiger charge is -2.28. The minimum Gasteiger partial charge on any atom is -0.480 e. The van der Waals surface area contributed by atoms with Crippen LogP contribution in [0.3, 0.4) is 0 Å². The number of carbonyl (C=O) groups is 2. The molecule has 1 aliphatic carbocycles. The fraction of sp³-hybridized carbons (Fsp3) is 0.462. The van der Waals surface area contributed by atoms with Crippen molar-refractivity contribution in [2.75, 3.05) is 17.7 Å². The lowest BCUT2D eigenvalue weighted by atomic mass is 9.84. The Morgan fingerprint density at radius 1 is 1.24 bits per heavy atom. The normalized spacial score (nSPS) is 13.8. The number of aliphatic carboxylic acids is 1. The Morgan fingerprint density at radius 3 is 2.41 bits per heavy atom. The second kappa shape index (κ2) is 16.2. The van der Waals surface area contributed by atoms with Crippen LogP contribution in [0, 0.1) is 5.92 Å². The van der Waals surface area contributed by atoms with Crippen LogP contribution in [0.4, 0.5) is 10.7 Å². The lowest BCUT2D eigenvalue weighted by Crippen LogP contribution is -2.46. The Bertz CT molecular complexity index is 910. The molecule has 1 saturated carbocycles. The second-order valence-corrected chi connectivity index (χ2v) is 9.12. The van der Waals surface area contributed by atoms with Crippen molar-refractivity contribution >= 4 is 45.5 Å². The van der Waals surface area contributed by atoms with Crippen LogP contribution >= 0.6 is 22.9 Å². The van der Waals surface area contributed by atoms with Crippen molar-refractivity contribution in [1.29, 1.82) is 0 Å². The zero-order valence-electron chi connectivity index (χ0n) is 20.6. The number of benzene rings is 1. The number of halogens is 1. The molecule has 1 aromatic carbocycles. The Hall–Kier alpha value is -2.51. The summed E-state index contributed by atoms with van der Waals surface area (Å²) in [5.74, 6) is -1.19. The minimum absolute atomic E-state index is 0.0394. The van der Waals surface area contributed by atoms with Crippen molar-refractivity contribution < 1.29 is 14.7 Å². The van der Waals surface area contributed by atoms with Crippen molar-refractivity contribution in [1.82, 2.24) is 5.32 Å². The fourth-order valence-electron chi connectivity index (χ4n) is 3.73. The molecule has 0 saturated heterocycles. The molecule has 1 heterocycles. The molecule has 0 aliphatic heterocycles. The first-order chi connectivity index (χ1) is 16.4. The van der Waals surface area contributed by atoms with E-state index in [0.717, 1.165) is 54.1 Å². The third-order valence-electron chi connectivity index (χ3n) is 5.41. The minimum atomic E-state index is -0.933. The monoisotopic (exact) mass is 507 g/mol. The summed E-state index contributed by atoms with van der Waals surface area (Å²) < 4.78 is 0. The predicted molar refractivity (Wildman–Crippen MR) is 145 cm³/mol. The molecular weight excluding hydrogens is 470 g/mol. The molecule has 1 unspecified atom stereocenters. The maximum atomic E-state index is 12.5. The molecule has 3 rings (SSSR count). The molecule has 6 nitrogen and oxygen atoms in total. The first-order valence-electron chi connectivity index (χ1n) is 11.9. The standard InChI is InChI=1S/C16H24N2O3S.C8H8ClN.C2H6/c1-3-11-9-12(15(17-2)22-11)14(19)18-13(16(20)21)10-7-5-4-6-8-10;1-2-10-8-6-4-3-5-7(8)9;1-2/h9-10,13,17H,3-8H2,1-2H3,(H,18,19)(H,20,21);2-6,10H,1H2;1-2H3. The smallest absolute Gasteiger partial charge is 0.326 e. The van der Waals surface area contributed by atoms with E-state index in [1.807, 2.05) is 51.1 Å². The molecule has 34 heavy (non-hydrogen) atoms. The van der Waals surface area contributed by atoms with Crippen LogP contribution in [0.1, 0.15) is 68.1 Å². The van der Waals surface area contributed by atoms with Gasteiger partial charge in [-0.15, -0.1) is 11.3 Å². The van der Waals surface area contributed by atoms with E-state index in [0.29, 0.717) is 10.6 Å². The summed E-state index contributed by atoms with van der Waals surface area (Å²) in [5.41, 5.74) is 1.44. The maximum absolute atomic E-state index is 12.5. The van der Waals surface area contributed by atoms with E-state index in [2.05, 4.69) is 22.5 Å². The van der Waals surface area contributed by atoms with Gasteiger partial charge in [-0.3, -0.25) is 4.79 Å². The third kappa shape index (κ3) is 9.03. The second-order valence-electron chi connectivity index (χ2n) is 7.57. The van der Waals surface area contributed by atoms with Gasteiger partial charge in [0.2, 0.25) is 0 Å². The molecule has 1 aromatic heterocycles. The van der Waals surface area contributed by atoms with E-state index < -0.39 is 12.0 Å². The summed E-state index contributed by atoms with van der Waals surface area (Å²) in [7, 11) is 1.78. The van der Waals surface area contributed by atoms with E-state index >= 15 is 0 Å². The number of carboxylic acid groups (broad SMARTS) is 1. The molecule has 1 amide bonds. The number of rotatable bonds is 8. The summed E-state index contributed by atoms with van der Waals surface area (Å²) >= 11 is 7.33. The molecule has 8 heteroatoms. The highest BCUT2D eigenvalue weighted by atomic mass is 35.5. The van der Waals surface area contributed by atoms with E-state index in [1.54, 1.807) is 13.2 Å². The average Bonchev–Trinajstić information content (AvgIpc) is 3.30. The van der Waals surface area contributed by atoms with Crippen molar-refractivity contribution in [3.8, 4) is 0 Å². The van der Waals surface area contributed by atoms with Crippen molar-refractivity contribution in [2.45, 2.75) is 65.3 Å². The molecule has 188 valence electrons. The number of carbonyl (C=O) groups excluding carboxylic acids is 1. The molecule has 2 aromatic rings. The van der Waals surface area contributed by atoms with Gasteiger partial charge < -0.3 is 21.1 Å². The van der Waals surface area contributed by atoms with E-state index in [4.69, 9.17) is 11.6 Å². The van der Waals surface area contributed by atoms with Crippen LogP contribution in [0.2, 0.25) is 5.02 Å². The molecular formula is C26H38ClN3O3S. The topological polar surface area (TPSA) is 90.5 Å². The highest BCUT2D eigenvalue weighted by Crippen LogP contribution is 2.30. The van der Waals surface area contributed by atoms with Crippen molar-refractivity contribution in [2.24, 2.45) is 5.92 Å². The quantitative estimate of drug-likeness (QED) is 0.307. The number of hydrogen-bond donors (Lipinski definition) is 4. The molecule has 0 radical (unpaired) electrons. The highest BCUT2D eigenvalue weighted by molar-refractivity contribution is 7.16. The van der Waals surface area contributed by atoms with Crippen LogP contribution in [0.25, 0.3) is 0 Å².